The fraction of sp³-hybridized carbons (Fsp3) is 1.00. The Hall–Kier alpha value is 0.610. The Labute approximate surface area is 53.5 Å². The molecular formula is C2H4B4S. The van der Waals surface area contributed by atoms with E-state index in [9.17, 15) is 0 Å². The molecular weight excluding hydrogens is 99.3 g/mol. The van der Waals surface area contributed by atoms with Crippen molar-refractivity contribution in [2.75, 3.05) is 11.3 Å². The van der Waals surface area contributed by atoms with Gasteiger partial charge in [-0.1, -0.05) is 0 Å². The zero-order valence-electron chi connectivity index (χ0n) is 4.13. The molecule has 0 unspecified atom stereocenters. The summed E-state index contributed by atoms with van der Waals surface area (Å²) >= 11 is 1.69. The quantitative estimate of drug-likeness (QED) is 0.332. The summed E-state index contributed by atoms with van der Waals surface area (Å²) in [5, 5.41) is 0. The van der Waals surface area contributed by atoms with Gasteiger partial charge >= 0.3 is 0 Å². The third-order valence-electron chi connectivity index (χ3n) is 0.428. The molecule has 0 saturated carbocycles. The molecule has 0 saturated heterocycles. The molecule has 0 aliphatic heterocycles. The highest BCUT2D eigenvalue weighted by Gasteiger charge is 1.81. The molecule has 0 N–H and O–H groups in total. The van der Waals surface area contributed by atoms with Crippen LogP contribution in [0.4, 0.5) is 0 Å². The third kappa shape index (κ3) is 6.61. The molecule has 0 heterocycles. The average Bonchev–Trinajstić information content (AvgIpc) is 1.69. The second-order valence-corrected chi connectivity index (χ2v) is 2.08. The fourth-order valence-electron chi connectivity index (χ4n) is 0.204. The van der Waals surface area contributed by atoms with Gasteiger partial charge in [-0.3, -0.25) is 0 Å². The second-order valence-electron chi connectivity index (χ2n) is 1.01. The Bertz CT molecular complexity index is 28.9. The first kappa shape index (κ1) is 7.61. The first-order valence-corrected chi connectivity index (χ1v) is 3.22. The molecule has 0 aliphatic rings. The van der Waals surface area contributed by atoms with E-state index >= 15 is 0 Å². The molecule has 0 fully saturated rings. The van der Waals surface area contributed by atoms with Crippen LogP contribution in [0.15, 0.2) is 0 Å². The summed E-state index contributed by atoms with van der Waals surface area (Å²) in [6.07, 6.45) is 0. The van der Waals surface area contributed by atoms with E-state index in [2.05, 4.69) is 0 Å². The number of thioether (sulfide) groups is 1. The van der Waals surface area contributed by atoms with Gasteiger partial charge in [0.05, 0.1) is 14.3 Å². The summed E-state index contributed by atoms with van der Waals surface area (Å²) < 4.78 is 0. The molecule has 0 atom stereocenters. The average molecular weight is 103 g/mol. The lowest BCUT2D eigenvalue weighted by Crippen LogP contribution is -1.98. The summed E-state index contributed by atoms with van der Waals surface area (Å²) in [7, 11) is 13.4. The van der Waals surface area contributed by atoms with Crippen LogP contribution in [0.2, 0.25) is 0 Å². The van der Waals surface area contributed by atoms with Gasteiger partial charge in [-0.2, -0.15) is 11.8 Å². The van der Waals surface area contributed by atoms with E-state index in [1.54, 1.807) is 26.1 Å². The maximum atomic E-state index is 5.07. The first-order chi connectivity index (χ1) is 3.41. The van der Waals surface area contributed by atoms with Gasteiger partial charge in [0.1, 0.15) is 0 Å². The van der Waals surface area contributed by atoms with Gasteiger partial charge < -0.3 is 0 Å². The van der Waals surface area contributed by atoms with Crippen LogP contribution in [0.1, 0.15) is 0 Å². The summed E-state index contributed by atoms with van der Waals surface area (Å²) in [4.78, 5) is 0. The van der Waals surface area contributed by atoms with Gasteiger partial charge in [-0.15, -0.1) is 0 Å². The van der Waals surface area contributed by atoms with Crippen LogP contribution in [0.5, 0.6) is 0 Å². The van der Waals surface area contributed by atoms with Crippen molar-refractivity contribution in [3.8, 4) is 0 Å². The normalized spacial score (nSPS) is 8.00. The van der Waals surface area contributed by atoms with Crippen LogP contribution >= 0.6 is 11.8 Å². The predicted octanol–water partition coefficient (Wildman–Crippen LogP) is -0.790. The third-order valence-corrected chi connectivity index (χ3v) is 1.28. The van der Waals surface area contributed by atoms with E-state index < -0.39 is 0 Å². The molecule has 0 rings (SSSR count). The van der Waals surface area contributed by atoms with Crippen molar-refractivity contribution < 1.29 is 0 Å². The lowest BCUT2D eigenvalue weighted by Gasteiger charge is -1.90. The molecule has 0 bridgehead atoms. The van der Waals surface area contributed by atoms with Crippen molar-refractivity contribution in [2.45, 2.75) is 0 Å². The first-order valence-electron chi connectivity index (χ1n) is 2.06. The maximum Gasteiger partial charge on any atom is 0.0679 e. The minimum Gasteiger partial charge on any atom is -0.181 e. The van der Waals surface area contributed by atoms with Crippen molar-refractivity contribution in [3.63, 3.8) is 0 Å². The van der Waals surface area contributed by atoms with Crippen LogP contribution in [0.3, 0.4) is 0 Å². The highest BCUT2D eigenvalue weighted by molar-refractivity contribution is 8.02. The van der Waals surface area contributed by atoms with Gasteiger partial charge in [0.25, 0.3) is 0 Å². The molecule has 5 heteroatoms. The van der Waals surface area contributed by atoms with Crippen LogP contribution in [0.25, 0.3) is 0 Å². The lowest BCUT2D eigenvalue weighted by atomic mass is 9.58. The smallest absolute Gasteiger partial charge is 0.0679 e. The number of rotatable bonds is 4. The molecule has 0 aromatic heterocycles. The molecule has 0 aliphatic carbocycles. The predicted molar refractivity (Wildman–Crippen MR) is 40.3 cm³/mol. The summed E-state index contributed by atoms with van der Waals surface area (Å²) in [6, 6.07) is 0. The van der Waals surface area contributed by atoms with Gasteiger partial charge in [0.15, 0.2) is 0 Å². The van der Waals surface area contributed by atoms with Crippen molar-refractivity contribution in [1.29, 1.82) is 0 Å². The van der Waals surface area contributed by atoms with E-state index in [4.69, 9.17) is 15.5 Å². The number of hydrogen-bond acceptors (Lipinski definition) is 1. The van der Waals surface area contributed by atoms with Crippen LogP contribution in [-0.4, -0.2) is 41.1 Å². The van der Waals surface area contributed by atoms with Gasteiger partial charge in [0, 0.05) is 15.5 Å². The van der Waals surface area contributed by atoms with E-state index in [0.717, 1.165) is 11.3 Å². The van der Waals surface area contributed by atoms with Crippen molar-refractivity contribution in [1.82, 2.24) is 0 Å². The molecule has 0 aromatic rings. The Morgan fingerprint density at radius 3 is 1.86 bits per heavy atom. The Balaban J connectivity index is 2.45. The van der Waals surface area contributed by atoms with Crippen molar-refractivity contribution in [2.24, 2.45) is 0 Å². The molecule has 0 nitrogen and oxygen atoms in total. The van der Waals surface area contributed by atoms with Crippen LogP contribution in [0, 0.1) is 0 Å². The monoisotopic (exact) mass is 104 g/mol. The summed E-state index contributed by atoms with van der Waals surface area (Å²) in [5.41, 5.74) is 1.77. The molecule has 30 valence electrons. The largest absolute Gasteiger partial charge is 0.181 e. The zero-order valence-corrected chi connectivity index (χ0v) is 4.95. The highest BCUT2D eigenvalue weighted by Crippen LogP contribution is 1.92. The molecule has 0 amide bonds. The second kappa shape index (κ2) is 6.61. The standard InChI is InChI=1S/C2H4B4S/c3-5-1-7-2-6-4/h1-2H2. The van der Waals surface area contributed by atoms with Crippen molar-refractivity contribution in [3.05, 3.63) is 0 Å². The van der Waals surface area contributed by atoms with Gasteiger partial charge in [0.2, 0.25) is 0 Å². The van der Waals surface area contributed by atoms with Gasteiger partial charge in [-0.05, 0) is 11.3 Å². The molecule has 7 heavy (non-hydrogen) atoms. The minimum atomic E-state index is 0.883. The topological polar surface area (TPSA) is 0 Å². The summed E-state index contributed by atoms with van der Waals surface area (Å²) in [5.74, 6) is 0. The SMILES string of the molecule is [B][B]CSC[B][B]. The molecule has 6 radical (unpaired) electrons. The Morgan fingerprint density at radius 1 is 1.14 bits per heavy atom. The van der Waals surface area contributed by atoms with E-state index in [0.29, 0.717) is 0 Å². The van der Waals surface area contributed by atoms with Crippen LogP contribution in [-0.2, 0) is 0 Å². The van der Waals surface area contributed by atoms with Crippen LogP contribution < -0.4 is 0 Å². The fourth-order valence-corrected chi connectivity index (χ4v) is 0.612. The number of hydrogen-bond donors (Lipinski definition) is 0. The van der Waals surface area contributed by atoms with Gasteiger partial charge in [-0.25, -0.2) is 0 Å². The van der Waals surface area contributed by atoms with E-state index in [1.165, 1.54) is 0 Å². The zero-order chi connectivity index (χ0) is 5.54. The Kier molecular flexibility index (Phi) is 7.19. The molecule has 0 aromatic carbocycles. The lowest BCUT2D eigenvalue weighted by molar-refractivity contribution is 2.09. The van der Waals surface area contributed by atoms with E-state index in [1.807, 2.05) is 0 Å². The van der Waals surface area contributed by atoms with Crippen molar-refractivity contribution >= 4 is 41.6 Å². The summed E-state index contributed by atoms with van der Waals surface area (Å²) in [6.45, 7) is 0. The minimum absolute atomic E-state index is 0.883. The highest BCUT2D eigenvalue weighted by atomic mass is 32.2. The molecule has 0 spiro atoms. The van der Waals surface area contributed by atoms with E-state index in [-0.39, 0.29) is 0 Å². The Morgan fingerprint density at radius 2 is 1.57 bits per heavy atom. The maximum absolute atomic E-state index is 5.07.